The first-order valence-corrected chi connectivity index (χ1v) is 10.2. The molecule has 0 aromatic heterocycles. The van der Waals surface area contributed by atoms with Gasteiger partial charge in [-0.15, -0.1) is 0 Å². The molecule has 2 amide bonds. The van der Waals surface area contributed by atoms with E-state index in [4.69, 9.17) is 57.9 Å². The number of rotatable bonds is 2. The predicted molar refractivity (Wildman–Crippen MR) is 125 cm³/mol. The Bertz CT molecular complexity index is 1590. The van der Waals surface area contributed by atoms with Crippen LogP contribution in [0.15, 0.2) is 36.4 Å². The second-order valence-electron chi connectivity index (χ2n) is 6.94. The highest BCUT2D eigenvalue weighted by Gasteiger charge is 2.30. The summed E-state index contributed by atoms with van der Waals surface area (Å²) < 4.78 is 0. The molecule has 5 aromatic carbocycles. The molecule has 0 heterocycles. The van der Waals surface area contributed by atoms with Gasteiger partial charge in [-0.1, -0.05) is 82.8 Å². The summed E-state index contributed by atoms with van der Waals surface area (Å²) in [6, 6.07) is 11.4. The highest BCUT2D eigenvalue weighted by atomic mass is 35.5. The Morgan fingerprint density at radius 3 is 1.67 bits per heavy atom. The van der Waals surface area contributed by atoms with E-state index in [0.717, 1.165) is 16.2 Å². The molecule has 30 heavy (non-hydrogen) atoms. The second-order valence-corrected chi connectivity index (χ2v) is 8.46. The van der Waals surface area contributed by atoms with Gasteiger partial charge in [0.05, 0.1) is 31.2 Å². The van der Waals surface area contributed by atoms with Crippen molar-refractivity contribution in [1.29, 1.82) is 0 Å². The van der Waals surface area contributed by atoms with Crippen LogP contribution in [0.2, 0.25) is 20.1 Å². The maximum Gasteiger partial charge on any atom is 0.251 e. The summed E-state index contributed by atoms with van der Waals surface area (Å²) in [6.07, 6.45) is 0. The van der Waals surface area contributed by atoms with Gasteiger partial charge in [-0.3, -0.25) is 9.59 Å². The van der Waals surface area contributed by atoms with Crippen molar-refractivity contribution in [3.63, 3.8) is 0 Å². The van der Waals surface area contributed by atoms with Gasteiger partial charge in [-0.2, -0.15) is 0 Å². The van der Waals surface area contributed by atoms with Gasteiger partial charge in [0, 0.05) is 21.5 Å². The molecule has 0 saturated carbocycles. The number of carbonyl (C=O) groups is 2. The molecule has 4 N–H and O–H groups in total. The van der Waals surface area contributed by atoms with Crippen molar-refractivity contribution in [1.82, 2.24) is 0 Å². The lowest BCUT2D eigenvalue weighted by atomic mass is 9.85. The minimum atomic E-state index is -0.901. The first-order valence-electron chi connectivity index (χ1n) is 8.73. The Morgan fingerprint density at radius 1 is 0.567 bits per heavy atom. The first kappa shape index (κ1) is 19.5. The van der Waals surface area contributed by atoms with E-state index in [1.165, 1.54) is 0 Å². The summed E-state index contributed by atoms with van der Waals surface area (Å²) in [5.41, 5.74) is 11.0. The Morgan fingerprint density at radius 2 is 1.10 bits per heavy atom. The van der Waals surface area contributed by atoms with Crippen LogP contribution in [0.25, 0.3) is 43.1 Å². The highest BCUT2D eigenvalue weighted by Crippen LogP contribution is 2.52. The van der Waals surface area contributed by atoms with Gasteiger partial charge < -0.3 is 11.5 Å². The third kappa shape index (κ3) is 2.30. The van der Waals surface area contributed by atoms with Gasteiger partial charge >= 0.3 is 0 Å². The van der Waals surface area contributed by atoms with Gasteiger partial charge in [-0.05, 0) is 21.5 Å². The van der Waals surface area contributed by atoms with E-state index in [2.05, 4.69) is 0 Å². The lowest BCUT2D eigenvalue weighted by Gasteiger charge is -2.21. The van der Waals surface area contributed by atoms with Gasteiger partial charge in [0.2, 0.25) is 5.91 Å². The molecule has 0 radical (unpaired) electrons. The molecule has 0 fully saturated rings. The molecular weight excluding hydrogens is 466 g/mol. The van der Waals surface area contributed by atoms with Crippen molar-refractivity contribution >= 4 is 101 Å². The number of halogens is 4. The molecule has 148 valence electrons. The minimum absolute atomic E-state index is 0.0664. The summed E-state index contributed by atoms with van der Waals surface area (Å²) in [7, 11) is 0. The number of carbonyl (C=O) groups excluding carboxylic acids is 2. The molecule has 0 saturated heterocycles. The molecular formula is C22H10Cl4N2O2. The first-order chi connectivity index (χ1) is 14.3. The van der Waals surface area contributed by atoms with Crippen molar-refractivity contribution in [3.05, 3.63) is 67.6 Å². The Labute approximate surface area is 189 Å². The number of primary amides is 2. The van der Waals surface area contributed by atoms with Crippen molar-refractivity contribution in [3.8, 4) is 0 Å². The topological polar surface area (TPSA) is 86.2 Å². The van der Waals surface area contributed by atoms with Crippen LogP contribution in [0.3, 0.4) is 0 Å². The number of nitrogens with two attached hydrogens (primary N) is 2. The molecule has 0 atom stereocenters. The zero-order chi connectivity index (χ0) is 21.5. The standard InChI is InChI=1S/C22H10Cl4N2O2/c23-17-15-13-11(14(21(27)29)16(17)22(28)30)8-5-1-3-7-4-2-6-9(10(7)8)12(13)18(24)20(26)19(15)25/h1-6H,(H2,27,29)(H2,28,30). The van der Waals surface area contributed by atoms with Crippen LogP contribution in [0.5, 0.6) is 0 Å². The number of benzene rings is 5. The van der Waals surface area contributed by atoms with Crippen LogP contribution in [0.1, 0.15) is 20.7 Å². The Kier molecular flexibility index (Phi) is 4.21. The van der Waals surface area contributed by atoms with E-state index in [-0.39, 0.29) is 31.2 Å². The molecule has 0 unspecified atom stereocenters. The summed E-state index contributed by atoms with van der Waals surface area (Å²) in [4.78, 5) is 24.9. The fourth-order valence-corrected chi connectivity index (χ4v) is 5.60. The van der Waals surface area contributed by atoms with Crippen LogP contribution < -0.4 is 11.5 Å². The molecule has 0 aliphatic heterocycles. The summed E-state index contributed by atoms with van der Waals surface area (Å²) >= 11 is 26.2. The number of fused-ring (bicyclic) bond motifs is 2. The summed E-state index contributed by atoms with van der Waals surface area (Å²) in [6.45, 7) is 0. The third-order valence-electron chi connectivity index (χ3n) is 5.45. The molecule has 0 aliphatic rings. The number of hydrogen-bond acceptors (Lipinski definition) is 2. The quantitative estimate of drug-likeness (QED) is 0.172. The number of hydrogen-bond donors (Lipinski definition) is 2. The third-order valence-corrected chi connectivity index (χ3v) is 7.15. The molecule has 0 bridgehead atoms. The zero-order valence-electron chi connectivity index (χ0n) is 14.9. The Balaban J connectivity index is 2.36. The van der Waals surface area contributed by atoms with Gasteiger partial charge in [-0.25, -0.2) is 0 Å². The predicted octanol–water partition coefficient (Wildman–Crippen LogP) is 6.55. The molecule has 0 aliphatic carbocycles. The second kappa shape index (κ2) is 6.50. The molecule has 5 aromatic rings. The summed E-state index contributed by atoms with van der Waals surface area (Å²) in [5, 5.41) is 5.33. The van der Waals surface area contributed by atoms with E-state index < -0.39 is 11.8 Å². The van der Waals surface area contributed by atoms with Crippen molar-refractivity contribution < 1.29 is 9.59 Å². The van der Waals surface area contributed by atoms with Crippen LogP contribution in [0.4, 0.5) is 0 Å². The normalized spacial score (nSPS) is 11.9. The molecule has 5 rings (SSSR count). The van der Waals surface area contributed by atoms with Gasteiger partial charge in [0.15, 0.2) is 0 Å². The highest BCUT2D eigenvalue weighted by molar-refractivity contribution is 6.58. The van der Waals surface area contributed by atoms with E-state index in [1.807, 2.05) is 36.4 Å². The number of amides is 2. The van der Waals surface area contributed by atoms with Gasteiger partial charge in [0.25, 0.3) is 5.91 Å². The van der Waals surface area contributed by atoms with Crippen molar-refractivity contribution in [2.75, 3.05) is 0 Å². The van der Waals surface area contributed by atoms with E-state index in [0.29, 0.717) is 26.9 Å². The van der Waals surface area contributed by atoms with E-state index in [9.17, 15) is 9.59 Å². The lowest BCUT2D eigenvalue weighted by Crippen LogP contribution is -2.22. The van der Waals surface area contributed by atoms with Crippen LogP contribution in [-0.4, -0.2) is 11.8 Å². The summed E-state index contributed by atoms with van der Waals surface area (Å²) in [5.74, 6) is -1.74. The van der Waals surface area contributed by atoms with Crippen LogP contribution in [-0.2, 0) is 0 Å². The Hall–Kier alpha value is -2.50. The van der Waals surface area contributed by atoms with E-state index in [1.54, 1.807) is 0 Å². The fourth-order valence-electron chi connectivity index (χ4n) is 4.36. The SMILES string of the molecule is NC(=O)c1c(Cl)c2c(Cl)c(Cl)c(Cl)c3c4cccc5cccc(c(c1C(N)=O)c23)c54. The maximum atomic E-state index is 12.6. The average molecular weight is 476 g/mol. The molecule has 0 spiro atoms. The van der Waals surface area contributed by atoms with Crippen molar-refractivity contribution in [2.45, 2.75) is 0 Å². The fraction of sp³-hybridized carbons (Fsp3) is 0. The average Bonchev–Trinajstić information content (AvgIpc) is 2.70. The lowest BCUT2D eigenvalue weighted by molar-refractivity contribution is 0.0969. The largest absolute Gasteiger partial charge is 0.366 e. The van der Waals surface area contributed by atoms with Crippen molar-refractivity contribution in [2.24, 2.45) is 11.5 Å². The van der Waals surface area contributed by atoms with Crippen LogP contribution in [0, 0.1) is 0 Å². The molecule has 8 heteroatoms. The smallest absolute Gasteiger partial charge is 0.251 e. The maximum absolute atomic E-state index is 12.6. The minimum Gasteiger partial charge on any atom is -0.366 e. The van der Waals surface area contributed by atoms with E-state index >= 15 is 0 Å². The van der Waals surface area contributed by atoms with Crippen LogP contribution >= 0.6 is 46.4 Å². The zero-order valence-corrected chi connectivity index (χ0v) is 18.0. The molecule has 4 nitrogen and oxygen atoms in total. The monoisotopic (exact) mass is 474 g/mol. The van der Waals surface area contributed by atoms with Gasteiger partial charge in [0.1, 0.15) is 0 Å².